The highest BCUT2D eigenvalue weighted by atomic mass is 16.7. The summed E-state index contributed by atoms with van der Waals surface area (Å²) in [5.74, 6) is 2.11. The largest absolute Gasteiger partial charge is 0.496 e. The Labute approximate surface area is 221 Å². The molecule has 1 saturated heterocycles. The van der Waals surface area contributed by atoms with Gasteiger partial charge in [0.1, 0.15) is 5.52 Å². The van der Waals surface area contributed by atoms with Crippen LogP contribution in [0.2, 0.25) is 0 Å². The Bertz CT molecular complexity index is 1600. The summed E-state index contributed by atoms with van der Waals surface area (Å²) in [7, 11) is -0.560. The van der Waals surface area contributed by atoms with Crippen LogP contribution in [0.15, 0.2) is 95.4 Å². The van der Waals surface area contributed by atoms with Crippen molar-refractivity contribution in [1.82, 2.24) is 4.98 Å². The molecule has 0 saturated carbocycles. The van der Waals surface area contributed by atoms with Gasteiger partial charge in [-0.15, -0.1) is 0 Å². The van der Waals surface area contributed by atoms with Crippen molar-refractivity contribution >= 4 is 40.7 Å². The lowest BCUT2D eigenvalue weighted by Crippen LogP contribution is -2.41. The van der Waals surface area contributed by atoms with E-state index in [1.54, 1.807) is 0 Å². The predicted octanol–water partition coefficient (Wildman–Crippen LogP) is 7.37. The van der Waals surface area contributed by atoms with E-state index in [4.69, 9.17) is 23.4 Å². The Morgan fingerprint density at radius 3 is 1.95 bits per heavy atom. The molecule has 0 aliphatic carbocycles. The number of ether oxygens (including phenoxy) is 1. The van der Waals surface area contributed by atoms with Crippen molar-refractivity contribution in [2.75, 3.05) is 4.90 Å². The van der Waals surface area contributed by atoms with E-state index in [9.17, 15) is 0 Å². The molecule has 2 aliphatic rings. The van der Waals surface area contributed by atoms with Crippen LogP contribution in [-0.2, 0) is 9.31 Å². The second kappa shape index (κ2) is 8.22. The first-order valence-electron chi connectivity index (χ1n) is 12.8. The number of hydrogen-bond donors (Lipinski definition) is 0. The molecule has 1 aromatic heterocycles. The van der Waals surface area contributed by atoms with Gasteiger partial charge in [0.15, 0.2) is 17.1 Å². The fourth-order valence-electron chi connectivity index (χ4n) is 5.00. The lowest BCUT2D eigenvalue weighted by atomic mass is 9.76. The first-order chi connectivity index (χ1) is 18.3. The molecule has 0 unspecified atom stereocenters. The molecule has 0 amide bonds. The van der Waals surface area contributed by atoms with E-state index in [2.05, 4.69) is 56.9 Å². The third kappa shape index (κ3) is 3.54. The van der Waals surface area contributed by atoms with Crippen molar-refractivity contribution in [3.8, 4) is 23.0 Å². The molecule has 0 radical (unpaired) electrons. The van der Waals surface area contributed by atoms with Crippen LogP contribution in [0.3, 0.4) is 0 Å². The van der Waals surface area contributed by atoms with Crippen LogP contribution < -0.4 is 15.1 Å². The van der Waals surface area contributed by atoms with E-state index < -0.39 is 18.3 Å². The summed E-state index contributed by atoms with van der Waals surface area (Å²) in [5.41, 5.74) is 5.16. The third-order valence-corrected chi connectivity index (χ3v) is 7.75. The van der Waals surface area contributed by atoms with Crippen molar-refractivity contribution in [1.29, 1.82) is 0 Å². The SMILES string of the molecule is CC1(C)OB(c2ccc(-c3nc4ccccc4o3)cc2N2c3ccccc3Oc3ccccc32)OC1(C)C. The Hall–Kier alpha value is -4.07. The summed E-state index contributed by atoms with van der Waals surface area (Å²) in [6.45, 7) is 8.27. The van der Waals surface area contributed by atoms with E-state index in [-0.39, 0.29) is 0 Å². The molecule has 38 heavy (non-hydrogen) atoms. The van der Waals surface area contributed by atoms with Gasteiger partial charge in [-0.3, -0.25) is 0 Å². The smallest absolute Gasteiger partial charge is 0.453 e. The summed E-state index contributed by atoms with van der Waals surface area (Å²) in [5, 5.41) is 0. The summed E-state index contributed by atoms with van der Waals surface area (Å²) in [4.78, 5) is 6.97. The van der Waals surface area contributed by atoms with Crippen molar-refractivity contribution in [2.45, 2.75) is 38.9 Å². The minimum absolute atomic E-state index is 0.477. The van der Waals surface area contributed by atoms with Gasteiger partial charge in [0.25, 0.3) is 0 Å². The lowest BCUT2D eigenvalue weighted by Gasteiger charge is -2.34. The fraction of sp³-hybridized carbons (Fsp3) is 0.194. The van der Waals surface area contributed by atoms with Crippen molar-refractivity contribution < 1.29 is 18.5 Å². The van der Waals surface area contributed by atoms with Crippen LogP contribution >= 0.6 is 0 Å². The Kier molecular flexibility index (Phi) is 4.99. The average molecular weight is 502 g/mol. The zero-order valence-corrected chi connectivity index (χ0v) is 21.8. The van der Waals surface area contributed by atoms with Crippen LogP contribution in [0.25, 0.3) is 22.6 Å². The summed E-state index contributed by atoms with van der Waals surface area (Å²) in [6.07, 6.45) is 0. The van der Waals surface area contributed by atoms with E-state index in [0.29, 0.717) is 5.89 Å². The number of aromatic nitrogens is 1. The third-order valence-electron chi connectivity index (χ3n) is 7.75. The fourth-order valence-corrected chi connectivity index (χ4v) is 5.00. The summed E-state index contributed by atoms with van der Waals surface area (Å²) >= 11 is 0. The second-order valence-electron chi connectivity index (χ2n) is 10.7. The Morgan fingerprint density at radius 2 is 1.29 bits per heavy atom. The van der Waals surface area contributed by atoms with Gasteiger partial charge in [0.2, 0.25) is 5.89 Å². The number of hydrogen-bond acceptors (Lipinski definition) is 6. The molecular formula is C31H27BN2O4. The zero-order chi connectivity index (χ0) is 26.1. The molecule has 0 N–H and O–H groups in total. The molecule has 1 fully saturated rings. The topological polar surface area (TPSA) is 57.0 Å². The molecule has 5 aromatic rings. The molecular weight excluding hydrogens is 475 g/mol. The maximum absolute atomic E-state index is 6.53. The van der Waals surface area contributed by atoms with E-state index in [1.165, 1.54) is 0 Å². The van der Waals surface area contributed by atoms with Gasteiger partial charge in [-0.1, -0.05) is 42.5 Å². The maximum Gasteiger partial charge on any atom is 0.496 e. The van der Waals surface area contributed by atoms with Gasteiger partial charge in [0, 0.05) is 16.7 Å². The van der Waals surface area contributed by atoms with Gasteiger partial charge in [-0.2, -0.15) is 0 Å². The molecule has 0 atom stereocenters. The Morgan fingerprint density at radius 1 is 0.684 bits per heavy atom. The predicted molar refractivity (Wildman–Crippen MR) is 150 cm³/mol. The number of para-hydroxylation sites is 6. The molecule has 0 bridgehead atoms. The van der Waals surface area contributed by atoms with Crippen LogP contribution in [0.4, 0.5) is 17.1 Å². The molecule has 6 nitrogen and oxygen atoms in total. The summed E-state index contributed by atoms with van der Waals surface area (Å²) in [6, 6.07) is 30.1. The van der Waals surface area contributed by atoms with Crippen molar-refractivity contribution in [2.24, 2.45) is 0 Å². The highest BCUT2D eigenvalue weighted by Gasteiger charge is 2.52. The number of anilines is 3. The van der Waals surface area contributed by atoms with E-state index in [0.717, 1.165) is 50.7 Å². The van der Waals surface area contributed by atoms with Crippen LogP contribution in [0, 0.1) is 0 Å². The molecule has 0 spiro atoms. The normalized spacial score (nSPS) is 17.3. The van der Waals surface area contributed by atoms with Crippen LogP contribution in [0.1, 0.15) is 27.7 Å². The van der Waals surface area contributed by atoms with Gasteiger partial charge < -0.3 is 23.4 Å². The lowest BCUT2D eigenvalue weighted by molar-refractivity contribution is 0.00578. The molecule has 2 aliphatic heterocycles. The minimum Gasteiger partial charge on any atom is -0.453 e. The van der Waals surface area contributed by atoms with Gasteiger partial charge in [0.05, 0.1) is 22.6 Å². The highest BCUT2D eigenvalue weighted by molar-refractivity contribution is 6.64. The Balaban J connectivity index is 1.46. The summed E-state index contributed by atoms with van der Waals surface area (Å²) < 4.78 is 25.5. The van der Waals surface area contributed by atoms with Gasteiger partial charge >= 0.3 is 7.12 Å². The number of fused-ring (bicyclic) bond motifs is 3. The molecule has 4 aromatic carbocycles. The quantitative estimate of drug-likeness (QED) is 0.236. The average Bonchev–Trinajstić information content (AvgIpc) is 3.44. The maximum atomic E-state index is 6.53. The minimum atomic E-state index is -0.560. The number of nitrogens with zero attached hydrogens (tertiary/aromatic N) is 2. The number of rotatable bonds is 3. The zero-order valence-electron chi connectivity index (χ0n) is 21.8. The monoisotopic (exact) mass is 502 g/mol. The molecule has 7 heteroatoms. The standard InChI is InChI=1S/C31H27BN2O4/c1-30(2)31(3,4)38-32(37-30)21-18-17-20(29-33-22-11-5-8-14-26(22)36-29)19-25(21)34-23-12-6-9-15-27(23)35-28-16-10-7-13-24(28)34/h5-19H,1-4H3. The van der Waals surface area contributed by atoms with Crippen LogP contribution in [0.5, 0.6) is 11.5 Å². The highest BCUT2D eigenvalue weighted by Crippen LogP contribution is 2.50. The van der Waals surface area contributed by atoms with Crippen molar-refractivity contribution in [3.63, 3.8) is 0 Å². The number of benzene rings is 4. The first kappa shape index (κ1) is 23.1. The van der Waals surface area contributed by atoms with Crippen LogP contribution in [-0.4, -0.2) is 23.3 Å². The first-order valence-corrected chi connectivity index (χ1v) is 12.8. The molecule has 3 heterocycles. The van der Waals surface area contributed by atoms with Crippen molar-refractivity contribution in [3.05, 3.63) is 91.0 Å². The number of oxazole rings is 1. The van der Waals surface area contributed by atoms with Gasteiger partial charge in [-0.25, -0.2) is 4.98 Å². The van der Waals surface area contributed by atoms with E-state index >= 15 is 0 Å². The molecule has 188 valence electrons. The van der Waals surface area contributed by atoms with Gasteiger partial charge in [-0.05, 0) is 76.2 Å². The van der Waals surface area contributed by atoms with E-state index in [1.807, 2.05) is 66.7 Å². The second-order valence-corrected chi connectivity index (χ2v) is 10.7. The molecule has 7 rings (SSSR count).